The zero-order chi connectivity index (χ0) is 9.26. The van der Waals surface area contributed by atoms with E-state index in [-0.39, 0.29) is 0 Å². The lowest BCUT2D eigenvalue weighted by Gasteiger charge is -2.09. The van der Waals surface area contributed by atoms with Crippen LogP contribution in [0, 0.1) is 6.42 Å². The van der Waals surface area contributed by atoms with Crippen LogP contribution in [0.1, 0.15) is 17.5 Å². The van der Waals surface area contributed by atoms with E-state index in [1.54, 1.807) is 14.2 Å². The second-order valence-electron chi connectivity index (χ2n) is 3.04. The second-order valence-corrected chi connectivity index (χ2v) is 3.04. The SMILES string of the molecule is COc1cc2c(c(OC)c1)[C]CC2. The highest BCUT2D eigenvalue weighted by Crippen LogP contribution is 2.35. The van der Waals surface area contributed by atoms with Crippen molar-refractivity contribution in [2.75, 3.05) is 14.2 Å². The highest BCUT2D eigenvalue weighted by molar-refractivity contribution is 5.52. The summed E-state index contributed by atoms with van der Waals surface area (Å²) in [5.74, 6) is 1.73. The van der Waals surface area contributed by atoms with Crippen LogP contribution >= 0.6 is 0 Å². The molecule has 68 valence electrons. The first-order valence-corrected chi connectivity index (χ1v) is 4.34. The van der Waals surface area contributed by atoms with E-state index in [1.807, 2.05) is 6.07 Å². The number of benzene rings is 1. The topological polar surface area (TPSA) is 18.5 Å². The number of hydrogen-bond donors (Lipinski definition) is 0. The highest BCUT2D eigenvalue weighted by Gasteiger charge is 2.17. The Morgan fingerprint density at radius 1 is 1.23 bits per heavy atom. The Bertz CT molecular complexity index is 318. The first-order valence-electron chi connectivity index (χ1n) is 4.34. The van der Waals surface area contributed by atoms with E-state index in [2.05, 4.69) is 12.5 Å². The maximum atomic E-state index is 5.26. The fourth-order valence-electron chi connectivity index (χ4n) is 1.64. The molecule has 0 amide bonds. The first-order chi connectivity index (χ1) is 6.35. The van der Waals surface area contributed by atoms with Gasteiger partial charge in [0.2, 0.25) is 0 Å². The van der Waals surface area contributed by atoms with Gasteiger partial charge in [0.05, 0.1) is 14.2 Å². The average Bonchev–Trinajstić information content (AvgIpc) is 2.63. The third-order valence-corrected chi connectivity index (χ3v) is 2.31. The number of fused-ring (bicyclic) bond motifs is 1. The molecule has 2 radical (unpaired) electrons. The molecule has 0 N–H and O–H groups in total. The first kappa shape index (κ1) is 8.42. The summed E-state index contributed by atoms with van der Waals surface area (Å²) in [5, 5.41) is 0. The van der Waals surface area contributed by atoms with Crippen LogP contribution in [-0.4, -0.2) is 14.2 Å². The van der Waals surface area contributed by atoms with Crippen molar-refractivity contribution >= 4 is 0 Å². The molecule has 1 aliphatic carbocycles. The molecular formula is C11H12O2. The van der Waals surface area contributed by atoms with Crippen molar-refractivity contribution in [3.8, 4) is 11.5 Å². The molecule has 2 rings (SSSR count). The Balaban J connectivity index is 2.49. The summed E-state index contributed by atoms with van der Waals surface area (Å²) in [6.07, 6.45) is 5.32. The summed E-state index contributed by atoms with van der Waals surface area (Å²) < 4.78 is 10.4. The second kappa shape index (κ2) is 3.29. The summed E-state index contributed by atoms with van der Waals surface area (Å²) in [7, 11) is 3.35. The Labute approximate surface area is 78.5 Å². The summed E-state index contributed by atoms with van der Waals surface area (Å²) in [6.45, 7) is 0. The average molecular weight is 176 g/mol. The molecule has 0 unspecified atom stereocenters. The molecule has 13 heavy (non-hydrogen) atoms. The van der Waals surface area contributed by atoms with Crippen LogP contribution in [0.15, 0.2) is 12.1 Å². The van der Waals surface area contributed by atoms with Crippen LogP contribution in [0.5, 0.6) is 11.5 Å². The molecule has 1 aromatic carbocycles. The maximum Gasteiger partial charge on any atom is 0.126 e. The fourth-order valence-corrected chi connectivity index (χ4v) is 1.64. The quantitative estimate of drug-likeness (QED) is 0.686. The fraction of sp³-hybridized carbons (Fsp3) is 0.364. The zero-order valence-electron chi connectivity index (χ0n) is 7.89. The number of aryl methyl sites for hydroxylation is 1. The Morgan fingerprint density at radius 3 is 2.77 bits per heavy atom. The van der Waals surface area contributed by atoms with Gasteiger partial charge < -0.3 is 9.47 Å². The van der Waals surface area contributed by atoms with Crippen molar-refractivity contribution in [3.05, 3.63) is 29.7 Å². The number of methoxy groups -OCH3 is 2. The van der Waals surface area contributed by atoms with Crippen molar-refractivity contribution in [1.29, 1.82) is 0 Å². The maximum absolute atomic E-state index is 5.26. The summed E-state index contributed by atoms with van der Waals surface area (Å²) in [4.78, 5) is 0. The van der Waals surface area contributed by atoms with Crippen LogP contribution in [0.2, 0.25) is 0 Å². The monoisotopic (exact) mass is 176 g/mol. The van der Waals surface area contributed by atoms with Crippen LogP contribution in [-0.2, 0) is 6.42 Å². The molecule has 1 aromatic rings. The van der Waals surface area contributed by atoms with Gasteiger partial charge in [-0.15, -0.1) is 0 Å². The van der Waals surface area contributed by atoms with Crippen LogP contribution in [0.3, 0.4) is 0 Å². The zero-order valence-corrected chi connectivity index (χ0v) is 7.89. The largest absolute Gasteiger partial charge is 0.497 e. The Morgan fingerprint density at radius 2 is 2.08 bits per heavy atom. The predicted octanol–water partition coefficient (Wildman–Crippen LogP) is 2.08. The molecular weight excluding hydrogens is 164 g/mol. The van der Waals surface area contributed by atoms with Crippen molar-refractivity contribution in [2.45, 2.75) is 12.8 Å². The predicted molar refractivity (Wildman–Crippen MR) is 50.2 cm³/mol. The molecule has 0 heterocycles. The molecule has 0 bridgehead atoms. The van der Waals surface area contributed by atoms with Crippen LogP contribution in [0.4, 0.5) is 0 Å². The summed E-state index contributed by atoms with van der Waals surface area (Å²) in [6, 6.07) is 3.95. The van der Waals surface area contributed by atoms with E-state index in [1.165, 1.54) is 5.56 Å². The Hall–Kier alpha value is -1.18. The molecule has 0 aliphatic heterocycles. The third-order valence-electron chi connectivity index (χ3n) is 2.31. The number of hydrogen-bond acceptors (Lipinski definition) is 2. The van der Waals surface area contributed by atoms with Crippen molar-refractivity contribution in [2.24, 2.45) is 0 Å². The van der Waals surface area contributed by atoms with E-state index in [4.69, 9.17) is 9.47 Å². The minimum Gasteiger partial charge on any atom is -0.497 e. The molecule has 2 heteroatoms. The molecule has 0 saturated carbocycles. The van der Waals surface area contributed by atoms with Gasteiger partial charge in [-0.25, -0.2) is 0 Å². The molecule has 0 spiro atoms. The van der Waals surface area contributed by atoms with Crippen LogP contribution in [0.25, 0.3) is 0 Å². The van der Waals surface area contributed by atoms with Gasteiger partial charge in [0.1, 0.15) is 11.5 Å². The third kappa shape index (κ3) is 1.37. The smallest absolute Gasteiger partial charge is 0.126 e. The van der Waals surface area contributed by atoms with Crippen molar-refractivity contribution < 1.29 is 9.47 Å². The van der Waals surface area contributed by atoms with E-state index >= 15 is 0 Å². The normalized spacial score (nSPS) is 14.0. The van der Waals surface area contributed by atoms with Gasteiger partial charge in [-0.1, -0.05) is 0 Å². The van der Waals surface area contributed by atoms with Gasteiger partial charge in [-0.05, 0) is 24.5 Å². The standard InChI is InChI=1S/C11H12O2/c1-12-9-6-8-4-3-5-10(8)11(7-9)13-2/h6-7H,3-4H2,1-2H3. The summed E-state index contributed by atoms with van der Waals surface area (Å²) >= 11 is 0. The lowest BCUT2D eigenvalue weighted by molar-refractivity contribution is 0.392. The highest BCUT2D eigenvalue weighted by atomic mass is 16.5. The minimum atomic E-state index is 0.860. The van der Waals surface area contributed by atoms with Gasteiger partial charge in [-0.3, -0.25) is 0 Å². The van der Waals surface area contributed by atoms with E-state index in [0.717, 1.165) is 29.9 Å². The van der Waals surface area contributed by atoms with Gasteiger partial charge in [-0.2, -0.15) is 0 Å². The lowest BCUT2D eigenvalue weighted by atomic mass is 10.1. The van der Waals surface area contributed by atoms with Gasteiger partial charge in [0, 0.05) is 18.1 Å². The molecule has 0 aromatic heterocycles. The lowest BCUT2D eigenvalue weighted by Crippen LogP contribution is -1.92. The van der Waals surface area contributed by atoms with Gasteiger partial charge in [0.15, 0.2) is 0 Å². The molecule has 0 fully saturated rings. The number of rotatable bonds is 2. The van der Waals surface area contributed by atoms with E-state index in [0.29, 0.717) is 0 Å². The van der Waals surface area contributed by atoms with E-state index < -0.39 is 0 Å². The molecule has 0 saturated heterocycles. The summed E-state index contributed by atoms with van der Waals surface area (Å²) in [5.41, 5.74) is 2.39. The van der Waals surface area contributed by atoms with Gasteiger partial charge in [0.25, 0.3) is 0 Å². The molecule has 2 nitrogen and oxygen atoms in total. The van der Waals surface area contributed by atoms with Crippen molar-refractivity contribution in [1.82, 2.24) is 0 Å². The van der Waals surface area contributed by atoms with Crippen molar-refractivity contribution in [3.63, 3.8) is 0 Å². The Kier molecular flexibility index (Phi) is 2.13. The van der Waals surface area contributed by atoms with E-state index in [9.17, 15) is 0 Å². The minimum absolute atomic E-state index is 0.860. The molecule has 0 atom stereocenters. The van der Waals surface area contributed by atoms with Gasteiger partial charge >= 0.3 is 0 Å². The van der Waals surface area contributed by atoms with Crippen LogP contribution < -0.4 is 9.47 Å². The molecule has 1 aliphatic rings. The number of ether oxygens (including phenoxy) is 2.